The zero-order chi connectivity index (χ0) is 8.55. The van der Waals surface area contributed by atoms with Gasteiger partial charge in [0.2, 0.25) is 0 Å². The molecule has 0 aromatic carbocycles. The fourth-order valence-corrected chi connectivity index (χ4v) is 1.11. The molecule has 4 heteroatoms. The van der Waals surface area contributed by atoms with Gasteiger partial charge in [-0.2, -0.15) is 5.26 Å². The Labute approximate surface area is 67.7 Å². The van der Waals surface area contributed by atoms with E-state index >= 15 is 0 Å². The fourth-order valence-electron chi connectivity index (χ4n) is 1.11. The SMILES string of the molecule is N#Cc1cc2c(=O)[nH]ccn2c1. The van der Waals surface area contributed by atoms with E-state index in [1.807, 2.05) is 6.07 Å². The summed E-state index contributed by atoms with van der Waals surface area (Å²) in [4.78, 5) is 13.6. The zero-order valence-electron chi connectivity index (χ0n) is 6.11. The average Bonchev–Trinajstić information content (AvgIpc) is 2.49. The van der Waals surface area contributed by atoms with Crippen LogP contribution in [0, 0.1) is 11.3 Å². The van der Waals surface area contributed by atoms with Gasteiger partial charge in [-0.25, -0.2) is 0 Å². The second-order valence-corrected chi connectivity index (χ2v) is 2.42. The van der Waals surface area contributed by atoms with Crippen LogP contribution in [0.4, 0.5) is 0 Å². The Kier molecular flexibility index (Phi) is 1.25. The lowest BCUT2D eigenvalue weighted by atomic mass is 10.4. The Morgan fingerprint density at radius 3 is 3.08 bits per heavy atom. The van der Waals surface area contributed by atoms with Gasteiger partial charge in [0.25, 0.3) is 5.56 Å². The van der Waals surface area contributed by atoms with Gasteiger partial charge in [-0.15, -0.1) is 0 Å². The van der Waals surface area contributed by atoms with E-state index in [0.29, 0.717) is 11.1 Å². The number of nitrogens with zero attached hydrogens (tertiary/aromatic N) is 2. The number of H-pyrrole nitrogens is 1. The van der Waals surface area contributed by atoms with E-state index in [2.05, 4.69) is 4.98 Å². The lowest BCUT2D eigenvalue weighted by molar-refractivity contribution is 1.10. The third kappa shape index (κ3) is 0.805. The molecule has 0 fully saturated rings. The van der Waals surface area contributed by atoms with Gasteiger partial charge in [-0.3, -0.25) is 4.79 Å². The third-order valence-electron chi connectivity index (χ3n) is 1.66. The standard InChI is InChI=1S/C8H5N3O/c9-4-6-3-7-8(12)10-1-2-11(7)5-6/h1-3,5H,(H,10,12). The van der Waals surface area contributed by atoms with Crippen molar-refractivity contribution in [2.75, 3.05) is 0 Å². The minimum Gasteiger partial charge on any atom is -0.326 e. The zero-order valence-corrected chi connectivity index (χ0v) is 6.11. The van der Waals surface area contributed by atoms with Crippen LogP contribution in [0.5, 0.6) is 0 Å². The van der Waals surface area contributed by atoms with Crippen LogP contribution in [0.3, 0.4) is 0 Å². The maximum Gasteiger partial charge on any atom is 0.272 e. The molecule has 4 nitrogen and oxygen atoms in total. The van der Waals surface area contributed by atoms with E-state index in [-0.39, 0.29) is 5.56 Å². The van der Waals surface area contributed by atoms with Crippen molar-refractivity contribution in [3.8, 4) is 6.07 Å². The first-order valence-electron chi connectivity index (χ1n) is 3.41. The second-order valence-electron chi connectivity index (χ2n) is 2.42. The van der Waals surface area contributed by atoms with E-state index in [0.717, 1.165) is 0 Å². The monoisotopic (exact) mass is 159 g/mol. The average molecular weight is 159 g/mol. The Morgan fingerprint density at radius 1 is 1.58 bits per heavy atom. The Hall–Kier alpha value is -2.02. The molecule has 1 N–H and O–H groups in total. The van der Waals surface area contributed by atoms with Crippen molar-refractivity contribution in [1.82, 2.24) is 9.38 Å². The number of hydrogen-bond acceptors (Lipinski definition) is 2. The highest BCUT2D eigenvalue weighted by Gasteiger charge is 1.99. The fraction of sp³-hybridized carbons (Fsp3) is 0. The van der Waals surface area contributed by atoms with Gasteiger partial charge in [0.15, 0.2) is 0 Å². The van der Waals surface area contributed by atoms with E-state index in [1.165, 1.54) is 6.20 Å². The summed E-state index contributed by atoms with van der Waals surface area (Å²) in [6.45, 7) is 0. The highest BCUT2D eigenvalue weighted by molar-refractivity contribution is 5.51. The molecular formula is C8H5N3O. The first kappa shape index (κ1) is 6.68. The summed E-state index contributed by atoms with van der Waals surface area (Å²) in [5.74, 6) is 0. The van der Waals surface area contributed by atoms with Crippen LogP contribution in [0.1, 0.15) is 5.56 Å². The molecule has 0 radical (unpaired) electrons. The minimum absolute atomic E-state index is 0.181. The molecule has 0 bridgehead atoms. The Balaban J connectivity index is 2.95. The summed E-state index contributed by atoms with van der Waals surface area (Å²) < 4.78 is 1.62. The van der Waals surface area contributed by atoms with Crippen LogP contribution in [-0.4, -0.2) is 9.38 Å². The summed E-state index contributed by atoms with van der Waals surface area (Å²) in [6, 6.07) is 3.52. The van der Waals surface area contributed by atoms with Crippen LogP contribution in [0.2, 0.25) is 0 Å². The molecule has 0 spiro atoms. The molecule has 0 aliphatic heterocycles. The van der Waals surface area contributed by atoms with Crippen molar-refractivity contribution in [2.24, 2.45) is 0 Å². The molecule has 0 unspecified atom stereocenters. The summed E-state index contributed by atoms with van der Waals surface area (Å²) in [5.41, 5.74) is 0.805. The molecule has 0 aliphatic rings. The number of nitriles is 1. The highest BCUT2D eigenvalue weighted by Crippen LogP contribution is 2.02. The molecule has 0 saturated heterocycles. The Bertz CT molecular complexity index is 515. The van der Waals surface area contributed by atoms with E-state index in [4.69, 9.17) is 5.26 Å². The second kappa shape index (κ2) is 2.24. The lowest BCUT2D eigenvalue weighted by Crippen LogP contribution is -2.06. The Morgan fingerprint density at radius 2 is 2.42 bits per heavy atom. The van der Waals surface area contributed by atoms with Gasteiger partial charge in [-0.1, -0.05) is 0 Å². The summed E-state index contributed by atoms with van der Waals surface area (Å²) in [6.07, 6.45) is 4.85. The smallest absolute Gasteiger partial charge is 0.272 e. The van der Waals surface area contributed by atoms with E-state index < -0.39 is 0 Å². The molecule has 58 valence electrons. The summed E-state index contributed by atoms with van der Waals surface area (Å²) in [7, 11) is 0. The van der Waals surface area contributed by atoms with Crippen LogP contribution >= 0.6 is 0 Å². The summed E-state index contributed by atoms with van der Waals surface area (Å²) >= 11 is 0. The van der Waals surface area contributed by atoms with Crippen LogP contribution in [0.25, 0.3) is 5.52 Å². The maximum atomic E-state index is 11.1. The number of hydrogen-bond donors (Lipinski definition) is 1. The molecule has 0 aliphatic carbocycles. The molecule has 0 amide bonds. The molecule has 2 aromatic heterocycles. The minimum atomic E-state index is -0.181. The largest absolute Gasteiger partial charge is 0.326 e. The van der Waals surface area contributed by atoms with Gasteiger partial charge in [0.1, 0.15) is 11.6 Å². The van der Waals surface area contributed by atoms with Crippen molar-refractivity contribution in [3.05, 3.63) is 40.6 Å². The molecule has 0 saturated carbocycles. The van der Waals surface area contributed by atoms with E-state index in [9.17, 15) is 4.79 Å². The summed E-state index contributed by atoms with van der Waals surface area (Å²) in [5, 5.41) is 8.55. The third-order valence-corrected chi connectivity index (χ3v) is 1.66. The number of rotatable bonds is 0. The van der Waals surface area contributed by atoms with Gasteiger partial charge in [-0.05, 0) is 6.07 Å². The van der Waals surface area contributed by atoms with Crippen LogP contribution < -0.4 is 5.56 Å². The first-order chi connectivity index (χ1) is 5.81. The quantitative estimate of drug-likeness (QED) is 0.608. The van der Waals surface area contributed by atoms with Gasteiger partial charge in [0, 0.05) is 18.6 Å². The first-order valence-corrected chi connectivity index (χ1v) is 3.41. The van der Waals surface area contributed by atoms with Crippen molar-refractivity contribution in [2.45, 2.75) is 0 Å². The van der Waals surface area contributed by atoms with Gasteiger partial charge >= 0.3 is 0 Å². The molecule has 0 atom stereocenters. The maximum absolute atomic E-state index is 11.1. The van der Waals surface area contributed by atoms with Gasteiger partial charge in [0.05, 0.1) is 5.56 Å². The molecule has 2 aromatic rings. The van der Waals surface area contributed by atoms with E-state index in [1.54, 1.807) is 22.9 Å². The normalized spacial score (nSPS) is 9.92. The van der Waals surface area contributed by atoms with Crippen molar-refractivity contribution < 1.29 is 0 Å². The van der Waals surface area contributed by atoms with Crippen molar-refractivity contribution >= 4 is 5.52 Å². The van der Waals surface area contributed by atoms with Crippen LogP contribution in [0.15, 0.2) is 29.5 Å². The number of fused-ring (bicyclic) bond motifs is 1. The van der Waals surface area contributed by atoms with Gasteiger partial charge < -0.3 is 9.38 Å². The predicted octanol–water partition coefficient (Wildman–Crippen LogP) is 0.499. The molecule has 12 heavy (non-hydrogen) atoms. The molecule has 2 rings (SSSR count). The number of aromatic nitrogens is 2. The highest BCUT2D eigenvalue weighted by atomic mass is 16.1. The number of aromatic amines is 1. The van der Waals surface area contributed by atoms with Crippen molar-refractivity contribution in [1.29, 1.82) is 5.26 Å². The molecular weight excluding hydrogens is 154 g/mol. The lowest BCUT2D eigenvalue weighted by Gasteiger charge is -1.88. The van der Waals surface area contributed by atoms with Crippen molar-refractivity contribution in [3.63, 3.8) is 0 Å². The predicted molar refractivity (Wildman–Crippen MR) is 42.7 cm³/mol. The van der Waals surface area contributed by atoms with Crippen LogP contribution in [-0.2, 0) is 0 Å². The topological polar surface area (TPSA) is 61.1 Å². The number of nitrogens with one attached hydrogen (secondary N) is 1. The molecule has 2 heterocycles.